The van der Waals surface area contributed by atoms with Gasteiger partial charge in [-0.3, -0.25) is 9.59 Å². The second-order valence-corrected chi connectivity index (χ2v) is 7.81. The van der Waals surface area contributed by atoms with Gasteiger partial charge in [-0.2, -0.15) is 8.78 Å². The van der Waals surface area contributed by atoms with Crippen molar-refractivity contribution < 1.29 is 46.1 Å². The number of benzene rings is 2. The van der Waals surface area contributed by atoms with Crippen LogP contribution >= 0.6 is 0 Å². The van der Waals surface area contributed by atoms with Crippen molar-refractivity contribution in [3.05, 3.63) is 65.1 Å². The predicted octanol–water partition coefficient (Wildman–Crippen LogP) is 4.10. The maximum atomic E-state index is 13.8. The molecule has 0 spiro atoms. The zero-order valence-corrected chi connectivity index (χ0v) is 19.3. The smallest absolute Gasteiger partial charge is 0.387 e. The van der Waals surface area contributed by atoms with E-state index in [-0.39, 0.29) is 54.0 Å². The van der Waals surface area contributed by atoms with Gasteiger partial charge in [0.15, 0.2) is 23.0 Å². The Morgan fingerprint density at radius 3 is 2.57 bits per heavy atom. The average molecular weight is 525 g/mol. The molecule has 0 saturated heterocycles. The maximum Gasteiger partial charge on any atom is 0.387 e. The lowest BCUT2D eigenvalue weighted by molar-refractivity contribution is -0.122. The fourth-order valence-corrected chi connectivity index (χ4v) is 3.15. The molecular formula is C24H23F4N3O6. The van der Waals surface area contributed by atoms with Crippen molar-refractivity contribution >= 4 is 12.4 Å². The fourth-order valence-electron chi connectivity index (χ4n) is 3.15. The molecule has 1 fully saturated rings. The molecule has 2 aromatic carbocycles. The summed E-state index contributed by atoms with van der Waals surface area (Å²) in [6.07, 6.45) is 2.01. The van der Waals surface area contributed by atoms with E-state index in [4.69, 9.17) is 24.8 Å². The van der Waals surface area contributed by atoms with Gasteiger partial charge >= 0.3 is 6.61 Å². The summed E-state index contributed by atoms with van der Waals surface area (Å²) in [5.41, 5.74) is 6.00. The van der Waals surface area contributed by atoms with Crippen LogP contribution < -0.4 is 20.5 Å². The van der Waals surface area contributed by atoms with Crippen molar-refractivity contribution in [3.63, 3.8) is 0 Å². The number of rotatable bonds is 10. The molecule has 4 rings (SSSR count). The number of halogens is 4. The highest BCUT2D eigenvalue weighted by molar-refractivity contribution is 5.93. The molecule has 1 heterocycles. The molecular weight excluding hydrogens is 502 g/mol. The second kappa shape index (κ2) is 12.7. The molecule has 0 bridgehead atoms. The minimum atomic E-state index is -3.03. The van der Waals surface area contributed by atoms with Crippen LogP contribution in [0.5, 0.6) is 11.5 Å². The molecule has 13 heteroatoms. The first kappa shape index (κ1) is 27.5. The molecule has 1 aromatic heterocycles. The molecule has 37 heavy (non-hydrogen) atoms. The molecule has 0 radical (unpaired) electrons. The highest BCUT2D eigenvalue weighted by Gasteiger charge is 2.24. The Labute approximate surface area is 208 Å². The number of hydrogen-bond donors (Lipinski definition) is 3. The van der Waals surface area contributed by atoms with Crippen molar-refractivity contribution in [3.8, 4) is 23.0 Å². The summed E-state index contributed by atoms with van der Waals surface area (Å²) < 4.78 is 68.2. The molecule has 1 aliphatic rings. The van der Waals surface area contributed by atoms with Crippen LogP contribution in [0.15, 0.2) is 40.8 Å². The lowest BCUT2D eigenvalue weighted by Gasteiger charge is -2.12. The molecule has 1 saturated carbocycles. The van der Waals surface area contributed by atoms with Gasteiger partial charge in [0.2, 0.25) is 5.89 Å². The Bertz CT molecular complexity index is 1230. The van der Waals surface area contributed by atoms with E-state index in [2.05, 4.69) is 15.0 Å². The van der Waals surface area contributed by atoms with Crippen molar-refractivity contribution in [1.82, 2.24) is 10.3 Å². The molecule has 1 amide bonds. The summed E-state index contributed by atoms with van der Waals surface area (Å²) in [7, 11) is 0. The van der Waals surface area contributed by atoms with Gasteiger partial charge < -0.3 is 30.0 Å². The number of amides is 1. The van der Waals surface area contributed by atoms with E-state index in [0.717, 1.165) is 18.9 Å². The van der Waals surface area contributed by atoms with Crippen molar-refractivity contribution in [1.29, 1.82) is 0 Å². The van der Waals surface area contributed by atoms with Gasteiger partial charge in [0.25, 0.3) is 12.4 Å². The summed E-state index contributed by atoms with van der Waals surface area (Å²) in [5, 5.41) is 9.38. The first-order valence-electron chi connectivity index (χ1n) is 11.0. The number of hydrogen-bond acceptors (Lipinski definition) is 7. The van der Waals surface area contributed by atoms with E-state index < -0.39 is 24.2 Å². The summed E-state index contributed by atoms with van der Waals surface area (Å²) >= 11 is 0. The molecule has 198 valence electrons. The summed E-state index contributed by atoms with van der Waals surface area (Å²) in [6.45, 7) is -3.29. The molecule has 0 aliphatic heterocycles. The Kier molecular flexibility index (Phi) is 9.44. The molecule has 9 nitrogen and oxygen atoms in total. The largest absolute Gasteiger partial charge is 0.489 e. The van der Waals surface area contributed by atoms with Crippen LogP contribution in [0.4, 0.5) is 17.6 Å². The standard InChI is InChI=1S/C23H21F4N3O4.CH2O2/c24-15-5-3-14(16(25)8-15)10-29-21(31)20-19(9-28)33-22(30-20)13-4-6-17(34-23(26)27)18(7-13)32-11-12-1-2-12;2-1-3/h3-8,12,23H,1-2,9-11,28H2,(H,29,31);1H,(H,2,3). The van der Waals surface area contributed by atoms with Gasteiger partial charge in [-0.25, -0.2) is 13.8 Å². The summed E-state index contributed by atoms with van der Waals surface area (Å²) in [6, 6.07) is 7.17. The van der Waals surface area contributed by atoms with E-state index >= 15 is 0 Å². The molecule has 4 N–H and O–H groups in total. The third-order valence-electron chi connectivity index (χ3n) is 5.13. The third kappa shape index (κ3) is 7.67. The second-order valence-electron chi connectivity index (χ2n) is 7.81. The number of nitrogens with one attached hydrogen (secondary N) is 1. The summed E-state index contributed by atoms with van der Waals surface area (Å²) in [4.78, 5) is 25.2. The Morgan fingerprint density at radius 2 is 1.95 bits per heavy atom. The molecule has 1 aliphatic carbocycles. The minimum absolute atomic E-state index is 0.0124. The lowest BCUT2D eigenvalue weighted by Crippen LogP contribution is -2.25. The van der Waals surface area contributed by atoms with E-state index in [9.17, 15) is 22.4 Å². The lowest BCUT2D eigenvalue weighted by atomic mass is 10.2. The highest BCUT2D eigenvalue weighted by Crippen LogP contribution is 2.36. The first-order chi connectivity index (χ1) is 17.7. The fraction of sp³-hybridized carbons (Fsp3) is 0.292. The van der Waals surface area contributed by atoms with E-state index in [1.807, 2.05) is 0 Å². The maximum absolute atomic E-state index is 13.8. The van der Waals surface area contributed by atoms with Crippen LogP contribution in [0.2, 0.25) is 0 Å². The minimum Gasteiger partial charge on any atom is -0.489 e. The monoisotopic (exact) mass is 525 g/mol. The Morgan fingerprint density at radius 1 is 1.22 bits per heavy atom. The Balaban J connectivity index is 0.00000121. The van der Waals surface area contributed by atoms with Crippen LogP contribution in [-0.2, 0) is 17.9 Å². The number of alkyl halides is 2. The van der Waals surface area contributed by atoms with Crippen LogP contribution in [0, 0.1) is 17.6 Å². The number of carbonyl (C=O) groups excluding carboxylic acids is 1. The molecule has 0 atom stereocenters. The van der Waals surface area contributed by atoms with Gasteiger partial charge in [-0.1, -0.05) is 6.07 Å². The number of ether oxygens (including phenoxy) is 2. The van der Waals surface area contributed by atoms with Crippen LogP contribution in [0.25, 0.3) is 11.5 Å². The quantitative estimate of drug-likeness (QED) is 0.266. The zero-order valence-electron chi connectivity index (χ0n) is 19.3. The first-order valence-corrected chi connectivity index (χ1v) is 11.0. The topological polar surface area (TPSA) is 137 Å². The van der Waals surface area contributed by atoms with E-state index in [0.29, 0.717) is 24.2 Å². The van der Waals surface area contributed by atoms with E-state index in [1.165, 1.54) is 24.3 Å². The molecule has 3 aromatic rings. The SMILES string of the molecule is NCc1oc(-c2ccc(OC(F)F)c(OCC3CC3)c2)nc1C(=O)NCc1ccc(F)cc1F.O=CO. The van der Waals surface area contributed by atoms with Crippen molar-refractivity contribution in [2.75, 3.05) is 6.61 Å². The third-order valence-corrected chi connectivity index (χ3v) is 5.13. The van der Waals surface area contributed by atoms with Gasteiger partial charge in [0, 0.05) is 23.7 Å². The molecule has 0 unspecified atom stereocenters. The average Bonchev–Trinajstić information content (AvgIpc) is 3.58. The highest BCUT2D eigenvalue weighted by atomic mass is 19.3. The van der Waals surface area contributed by atoms with Crippen LogP contribution in [-0.4, -0.2) is 35.7 Å². The number of carbonyl (C=O) groups is 2. The van der Waals surface area contributed by atoms with Gasteiger partial charge in [-0.05, 0) is 43.0 Å². The van der Waals surface area contributed by atoms with Gasteiger partial charge in [0.05, 0.1) is 13.2 Å². The normalized spacial score (nSPS) is 12.5. The number of nitrogens with zero attached hydrogens (tertiary/aromatic N) is 1. The van der Waals surface area contributed by atoms with Crippen molar-refractivity contribution in [2.24, 2.45) is 11.7 Å². The van der Waals surface area contributed by atoms with Crippen LogP contribution in [0.1, 0.15) is 34.7 Å². The summed E-state index contributed by atoms with van der Waals surface area (Å²) in [5.74, 6) is -1.80. The van der Waals surface area contributed by atoms with Gasteiger partial charge in [-0.15, -0.1) is 0 Å². The predicted molar refractivity (Wildman–Crippen MR) is 121 cm³/mol. The number of carboxylic acid groups (broad SMARTS) is 1. The zero-order chi connectivity index (χ0) is 26.9. The number of oxazole rings is 1. The van der Waals surface area contributed by atoms with Gasteiger partial charge in [0.1, 0.15) is 11.6 Å². The Hall–Kier alpha value is -4.13. The number of aromatic nitrogens is 1. The van der Waals surface area contributed by atoms with Crippen LogP contribution in [0.3, 0.4) is 0 Å². The number of nitrogens with two attached hydrogens (primary N) is 1. The van der Waals surface area contributed by atoms with Crippen molar-refractivity contribution in [2.45, 2.75) is 32.5 Å². The van der Waals surface area contributed by atoms with E-state index in [1.54, 1.807) is 0 Å².